The van der Waals surface area contributed by atoms with Crippen LogP contribution in [0.5, 0.6) is 0 Å². The van der Waals surface area contributed by atoms with Crippen LogP contribution in [-0.2, 0) is 10.0 Å². The summed E-state index contributed by atoms with van der Waals surface area (Å²) in [5.41, 5.74) is -0.190. The number of anilines is 1. The van der Waals surface area contributed by atoms with Crippen LogP contribution < -0.4 is 4.72 Å². The molecule has 0 bridgehead atoms. The number of nitro groups is 1. The van der Waals surface area contributed by atoms with Crippen molar-refractivity contribution in [3.8, 4) is 0 Å². The lowest BCUT2D eigenvalue weighted by Crippen LogP contribution is -2.15. The second-order valence-electron chi connectivity index (χ2n) is 3.95. The number of nitrogens with one attached hydrogen (secondary N) is 1. The van der Waals surface area contributed by atoms with Gasteiger partial charge >= 0.3 is 0 Å². The predicted molar refractivity (Wildman–Crippen MR) is 85.7 cm³/mol. The number of hydrogen-bond donors (Lipinski definition) is 1. The van der Waals surface area contributed by atoms with Crippen LogP contribution in [0.25, 0.3) is 0 Å². The van der Waals surface area contributed by atoms with Crippen LogP contribution in [0, 0.1) is 10.1 Å². The molecule has 6 nitrogen and oxygen atoms in total. The van der Waals surface area contributed by atoms with Crippen molar-refractivity contribution in [2.75, 3.05) is 4.72 Å². The Kier molecular flexibility index (Phi) is 4.64. The van der Waals surface area contributed by atoms with E-state index in [9.17, 15) is 18.5 Å². The zero-order chi connectivity index (χ0) is 15.6. The monoisotopic (exact) mass is 434 g/mol. The number of sulfonamides is 1. The maximum absolute atomic E-state index is 12.4. The summed E-state index contributed by atoms with van der Waals surface area (Å²) < 4.78 is 28.0. The van der Waals surface area contributed by atoms with Gasteiger partial charge in [-0.25, -0.2) is 8.42 Å². The topological polar surface area (TPSA) is 89.3 Å². The molecule has 0 aliphatic rings. The molecule has 2 rings (SSSR count). The molecule has 0 aliphatic heterocycles. The standard InChI is InChI=1S/C12H8Br2N2O4S/c13-8-5-6-11(16(17)18)12(7-8)21(19,20)15-10-4-2-1-3-9(10)14/h1-7,15H. The average molecular weight is 436 g/mol. The second-order valence-corrected chi connectivity index (χ2v) is 7.38. The third-order valence-corrected chi connectivity index (χ3v) is 5.11. The molecule has 0 amide bonds. The minimum Gasteiger partial charge on any atom is -0.278 e. The highest BCUT2D eigenvalue weighted by Gasteiger charge is 2.26. The number of nitrogens with zero attached hydrogens (tertiary/aromatic N) is 1. The van der Waals surface area contributed by atoms with Crippen molar-refractivity contribution in [3.63, 3.8) is 0 Å². The van der Waals surface area contributed by atoms with E-state index in [0.29, 0.717) is 14.6 Å². The quantitative estimate of drug-likeness (QED) is 0.582. The highest BCUT2D eigenvalue weighted by molar-refractivity contribution is 9.10. The number of nitro benzene ring substituents is 1. The molecule has 0 aliphatic carbocycles. The highest BCUT2D eigenvalue weighted by atomic mass is 79.9. The molecule has 0 saturated carbocycles. The van der Waals surface area contributed by atoms with Crippen molar-refractivity contribution in [3.05, 3.63) is 61.5 Å². The second kappa shape index (κ2) is 6.12. The Balaban J connectivity index is 2.52. The van der Waals surface area contributed by atoms with Crippen LogP contribution in [0.2, 0.25) is 0 Å². The molecule has 21 heavy (non-hydrogen) atoms. The molecule has 2 aromatic carbocycles. The maximum atomic E-state index is 12.4. The minimum atomic E-state index is -4.09. The Morgan fingerprint density at radius 3 is 2.38 bits per heavy atom. The largest absolute Gasteiger partial charge is 0.289 e. The molecule has 0 spiro atoms. The van der Waals surface area contributed by atoms with Crippen LogP contribution in [0.4, 0.5) is 11.4 Å². The van der Waals surface area contributed by atoms with Gasteiger partial charge in [0.2, 0.25) is 0 Å². The maximum Gasteiger partial charge on any atom is 0.289 e. The van der Waals surface area contributed by atoms with Gasteiger partial charge in [0.25, 0.3) is 15.7 Å². The van der Waals surface area contributed by atoms with E-state index in [1.54, 1.807) is 24.3 Å². The summed E-state index contributed by atoms with van der Waals surface area (Å²) in [5, 5.41) is 11.0. The fourth-order valence-corrected chi connectivity index (χ4v) is 3.90. The van der Waals surface area contributed by atoms with Gasteiger partial charge in [0.15, 0.2) is 4.90 Å². The molecule has 110 valence electrons. The Morgan fingerprint density at radius 2 is 1.76 bits per heavy atom. The third-order valence-electron chi connectivity index (χ3n) is 2.53. The van der Waals surface area contributed by atoms with Crippen molar-refractivity contribution in [1.29, 1.82) is 0 Å². The first-order chi connectivity index (χ1) is 9.81. The summed E-state index contributed by atoms with van der Waals surface area (Å²) in [7, 11) is -4.09. The molecule has 0 aromatic heterocycles. The van der Waals surface area contributed by atoms with E-state index in [0.717, 1.165) is 6.07 Å². The van der Waals surface area contributed by atoms with E-state index in [2.05, 4.69) is 36.6 Å². The summed E-state index contributed by atoms with van der Waals surface area (Å²) in [6.45, 7) is 0. The summed E-state index contributed by atoms with van der Waals surface area (Å²) in [4.78, 5) is 9.85. The van der Waals surface area contributed by atoms with E-state index in [-0.39, 0.29) is 0 Å². The van der Waals surface area contributed by atoms with E-state index < -0.39 is 25.5 Å². The van der Waals surface area contributed by atoms with Gasteiger partial charge in [-0.15, -0.1) is 0 Å². The molecule has 0 saturated heterocycles. The van der Waals surface area contributed by atoms with E-state index in [4.69, 9.17) is 0 Å². The Hall–Kier alpha value is -1.45. The first-order valence-corrected chi connectivity index (χ1v) is 8.59. The van der Waals surface area contributed by atoms with Gasteiger partial charge in [-0.2, -0.15) is 0 Å². The predicted octanol–water partition coefficient (Wildman–Crippen LogP) is 3.92. The number of halogens is 2. The Morgan fingerprint density at radius 1 is 1.10 bits per heavy atom. The van der Waals surface area contributed by atoms with Crippen molar-refractivity contribution < 1.29 is 13.3 Å². The summed E-state index contributed by atoms with van der Waals surface area (Å²) in [5.74, 6) is 0. The summed E-state index contributed by atoms with van der Waals surface area (Å²) >= 11 is 6.33. The number of para-hydroxylation sites is 1. The molecule has 0 fully saturated rings. The molecular weight excluding hydrogens is 428 g/mol. The van der Waals surface area contributed by atoms with E-state index in [1.165, 1.54) is 12.1 Å². The SMILES string of the molecule is O=[N+]([O-])c1ccc(Br)cc1S(=O)(=O)Nc1ccccc1Br. The molecule has 0 radical (unpaired) electrons. The van der Waals surface area contributed by atoms with Crippen molar-refractivity contribution >= 4 is 53.3 Å². The van der Waals surface area contributed by atoms with Crippen LogP contribution in [0.15, 0.2) is 56.3 Å². The molecule has 9 heteroatoms. The third kappa shape index (κ3) is 3.60. The first kappa shape index (κ1) is 15.9. The number of hydrogen-bond acceptors (Lipinski definition) is 4. The smallest absolute Gasteiger partial charge is 0.278 e. The lowest BCUT2D eigenvalue weighted by Gasteiger charge is -2.10. The van der Waals surface area contributed by atoms with Crippen molar-refractivity contribution in [2.24, 2.45) is 0 Å². The molecule has 2 aromatic rings. The molecule has 0 heterocycles. The van der Waals surface area contributed by atoms with Gasteiger partial charge in [-0.1, -0.05) is 28.1 Å². The van der Waals surface area contributed by atoms with Crippen LogP contribution in [0.3, 0.4) is 0 Å². The highest BCUT2D eigenvalue weighted by Crippen LogP contribution is 2.30. The lowest BCUT2D eigenvalue weighted by atomic mass is 10.3. The van der Waals surface area contributed by atoms with Crippen molar-refractivity contribution in [1.82, 2.24) is 0 Å². The molecular formula is C12H8Br2N2O4S. The molecule has 0 unspecified atom stereocenters. The molecule has 0 atom stereocenters. The number of rotatable bonds is 4. The molecule has 1 N–H and O–H groups in total. The zero-order valence-corrected chi connectivity index (χ0v) is 14.3. The van der Waals surface area contributed by atoms with Gasteiger partial charge in [-0.3, -0.25) is 14.8 Å². The van der Waals surface area contributed by atoms with Crippen LogP contribution in [-0.4, -0.2) is 13.3 Å². The average Bonchev–Trinajstić information content (AvgIpc) is 2.41. The van der Waals surface area contributed by atoms with Gasteiger partial charge in [0, 0.05) is 15.0 Å². The van der Waals surface area contributed by atoms with Gasteiger partial charge in [0.05, 0.1) is 10.6 Å². The lowest BCUT2D eigenvalue weighted by molar-refractivity contribution is -0.387. The van der Waals surface area contributed by atoms with Gasteiger partial charge < -0.3 is 0 Å². The van der Waals surface area contributed by atoms with E-state index >= 15 is 0 Å². The number of benzene rings is 2. The fraction of sp³-hybridized carbons (Fsp3) is 0. The Labute approximate surface area is 137 Å². The summed E-state index contributed by atoms with van der Waals surface area (Å²) in [6.07, 6.45) is 0. The van der Waals surface area contributed by atoms with Crippen molar-refractivity contribution in [2.45, 2.75) is 4.90 Å². The van der Waals surface area contributed by atoms with Crippen LogP contribution >= 0.6 is 31.9 Å². The van der Waals surface area contributed by atoms with Gasteiger partial charge in [0.1, 0.15) is 0 Å². The first-order valence-electron chi connectivity index (χ1n) is 5.52. The normalized spacial score (nSPS) is 11.1. The minimum absolute atomic E-state index is 0.298. The zero-order valence-electron chi connectivity index (χ0n) is 10.3. The summed E-state index contributed by atoms with van der Waals surface area (Å²) in [6, 6.07) is 10.3. The fourth-order valence-electron chi connectivity index (χ4n) is 1.60. The Bertz CT molecular complexity index is 809. The van der Waals surface area contributed by atoms with E-state index in [1.807, 2.05) is 0 Å². The van der Waals surface area contributed by atoms with Crippen LogP contribution in [0.1, 0.15) is 0 Å². The van der Waals surface area contributed by atoms with Gasteiger partial charge in [-0.05, 0) is 40.2 Å².